The molecule has 0 spiro atoms. The molecule has 2 nitrogen and oxygen atoms in total. The van der Waals surface area contributed by atoms with Crippen LogP contribution in [0.2, 0.25) is 10.0 Å². The van der Waals surface area contributed by atoms with Gasteiger partial charge in [-0.2, -0.15) is 0 Å². The summed E-state index contributed by atoms with van der Waals surface area (Å²) < 4.78 is 0. The van der Waals surface area contributed by atoms with Crippen molar-refractivity contribution in [2.24, 2.45) is 0 Å². The number of nitrogens with zero attached hydrogens (tertiary/aromatic N) is 1. The highest BCUT2D eigenvalue weighted by Gasteiger charge is 2.19. The van der Waals surface area contributed by atoms with Crippen molar-refractivity contribution < 1.29 is 0 Å². The molecule has 0 saturated heterocycles. The zero-order valence-corrected chi connectivity index (χ0v) is 15.4. The van der Waals surface area contributed by atoms with Crippen molar-refractivity contribution >= 4 is 52.0 Å². The number of aromatic nitrogens is 2. The van der Waals surface area contributed by atoms with E-state index in [1.54, 1.807) is 6.07 Å². The third kappa shape index (κ3) is 3.77. The summed E-state index contributed by atoms with van der Waals surface area (Å²) in [4.78, 5) is 7.99. The van der Waals surface area contributed by atoms with E-state index in [0.29, 0.717) is 22.9 Å². The Labute approximate surface area is 155 Å². The predicted octanol–water partition coefficient (Wildman–Crippen LogP) is 6.13. The van der Waals surface area contributed by atoms with E-state index in [-0.39, 0.29) is 5.38 Å². The van der Waals surface area contributed by atoms with Gasteiger partial charge in [0, 0.05) is 39.2 Å². The average molecular weight is 388 g/mol. The number of rotatable bonds is 3. The molecule has 0 fully saturated rings. The molecule has 23 heavy (non-hydrogen) atoms. The maximum atomic E-state index is 6.35. The lowest BCUT2D eigenvalue weighted by Crippen LogP contribution is -2.02. The molecule has 0 aliphatic heterocycles. The second-order valence-corrected chi connectivity index (χ2v) is 7.33. The zero-order valence-electron chi connectivity index (χ0n) is 12.3. The van der Waals surface area contributed by atoms with Crippen molar-refractivity contribution in [2.75, 3.05) is 0 Å². The molecule has 1 aromatic carbocycles. The molecule has 120 valence electrons. The molecular weight excluding hydrogens is 374 g/mol. The summed E-state index contributed by atoms with van der Waals surface area (Å²) in [6.07, 6.45) is 5.10. The van der Waals surface area contributed by atoms with Gasteiger partial charge in [0.2, 0.25) is 0 Å². The minimum Gasteiger partial charge on any atom is -0.345 e. The van der Waals surface area contributed by atoms with Gasteiger partial charge >= 0.3 is 0 Å². The minimum absolute atomic E-state index is 0.0576. The van der Waals surface area contributed by atoms with Gasteiger partial charge in [0.1, 0.15) is 5.82 Å². The number of aryl methyl sites for hydroxylation is 1. The van der Waals surface area contributed by atoms with Crippen LogP contribution >= 0.6 is 46.4 Å². The molecule has 3 rings (SSSR count). The van der Waals surface area contributed by atoms with Crippen molar-refractivity contribution in [3.05, 3.63) is 68.2 Å². The van der Waals surface area contributed by atoms with Crippen LogP contribution in [0.1, 0.15) is 29.2 Å². The Balaban J connectivity index is 1.90. The summed E-state index contributed by atoms with van der Waals surface area (Å²) in [5, 5.41) is 1.93. The van der Waals surface area contributed by atoms with Crippen molar-refractivity contribution in [3.8, 4) is 0 Å². The van der Waals surface area contributed by atoms with E-state index in [0.717, 1.165) is 33.4 Å². The highest BCUT2D eigenvalue weighted by molar-refractivity contribution is 6.35. The number of nitrogens with one attached hydrogen (secondary N) is 1. The molecular formula is C17H14Cl4N2. The van der Waals surface area contributed by atoms with Gasteiger partial charge in [-0.3, -0.25) is 0 Å². The lowest BCUT2D eigenvalue weighted by atomic mass is 10.0. The topological polar surface area (TPSA) is 28.7 Å². The summed E-state index contributed by atoms with van der Waals surface area (Å²) in [6.45, 7) is 1.98. The number of alkyl halides is 1. The van der Waals surface area contributed by atoms with E-state index < -0.39 is 0 Å². The van der Waals surface area contributed by atoms with Gasteiger partial charge in [-0.25, -0.2) is 4.98 Å². The van der Waals surface area contributed by atoms with Crippen LogP contribution in [0, 0.1) is 6.92 Å². The van der Waals surface area contributed by atoms with Crippen LogP contribution in [-0.4, -0.2) is 15.3 Å². The quantitative estimate of drug-likeness (QED) is 0.630. The normalized spacial score (nSPS) is 17.9. The number of halogens is 4. The first kappa shape index (κ1) is 16.9. The molecule has 1 aromatic heterocycles. The Morgan fingerprint density at radius 2 is 2.04 bits per heavy atom. The van der Waals surface area contributed by atoms with Gasteiger partial charge in [0.25, 0.3) is 0 Å². The molecule has 0 bridgehead atoms. The highest BCUT2D eigenvalue weighted by atomic mass is 35.5. The number of hydrogen-bond acceptors (Lipinski definition) is 1. The molecule has 1 heterocycles. The van der Waals surface area contributed by atoms with Gasteiger partial charge in [0.15, 0.2) is 0 Å². The number of benzene rings is 1. The van der Waals surface area contributed by atoms with Gasteiger partial charge in [0.05, 0.1) is 11.1 Å². The number of H-pyrrole nitrogens is 1. The fourth-order valence-corrected chi connectivity index (χ4v) is 3.66. The first-order valence-electron chi connectivity index (χ1n) is 7.14. The summed E-state index contributed by atoms with van der Waals surface area (Å²) >= 11 is 24.6. The van der Waals surface area contributed by atoms with Gasteiger partial charge < -0.3 is 4.98 Å². The van der Waals surface area contributed by atoms with Crippen LogP contribution in [0.3, 0.4) is 0 Å². The summed E-state index contributed by atoms with van der Waals surface area (Å²) in [5.74, 6) is 0.833. The first-order chi connectivity index (χ1) is 10.9. The van der Waals surface area contributed by atoms with Gasteiger partial charge in [-0.1, -0.05) is 53.0 Å². The number of allylic oxidation sites excluding steroid dienone is 4. The van der Waals surface area contributed by atoms with Crippen LogP contribution in [0.4, 0.5) is 0 Å². The highest BCUT2D eigenvalue weighted by Crippen LogP contribution is 2.33. The lowest BCUT2D eigenvalue weighted by Gasteiger charge is -2.13. The van der Waals surface area contributed by atoms with Crippen LogP contribution in [0.25, 0.3) is 5.57 Å². The Bertz CT molecular complexity index is 805. The third-order valence-corrected chi connectivity index (χ3v) is 4.94. The molecule has 2 aromatic rings. The molecule has 0 saturated carbocycles. The molecule has 1 N–H and O–H groups in total. The largest absolute Gasteiger partial charge is 0.345 e. The molecule has 1 aliphatic carbocycles. The zero-order chi connectivity index (χ0) is 16.6. The maximum Gasteiger partial charge on any atom is 0.111 e. The smallest absolute Gasteiger partial charge is 0.111 e. The fourth-order valence-electron chi connectivity index (χ4n) is 2.56. The van der Waals surface area contributed by atoms with Crippen molar-refractivity contribution in [1.82, 2.24) is 9.97 Å². The molecule has 1 atom stereocenters. The average Bonchev–Trinajstić information content (AvgIpc) is 2.83. The molecule has 0 amide bonds. The third-order valence-electron chi connectivity index (χ3n) is 3.70. The minimum atomic E-state index is -0.0576. The van der Waals surface area contributed by atoms with Gasteiger partial charge in [-0.15, -0.1) is 11.6 Å². The van der Waals surface area contributed by atoms with E-state index >= 15 is 0 Å². The molecule has 0 radical (unpaired) electrons. The number of aromatic amines is 1. The standard InChI is InChI=1S/C17H14Cl4N2/c1-9-17(13-5-4-12(19)8-15(13)21)23-16(22-9)6-10-2-3-11(18)7-14(10)20/h2-5,7,12H,6,8H2,1H3,(H,22,23). The van der Waals surface area contributed by atoms with E-state index in [2.05, 4.69) is 9.97 Å². The van der Waals surface area contributed by atoms with Crippen LogP contribution in [0.5, 0.6) is 0 Å². The SMILES string of the molecule is Cc1[nH]c(Cc2ccc(Cl)cc2Cl)nc1C1=C(Cl)CC(Cl)C=C1. The van der Waals surface area contributed by atoms with E-state index in [1.807, 2.05) is 31.2 Å². The summed E-state index contributed by atoms with van der Waals surface area (Å²) in [6, 6.07) is 5.47. The molecule has 6 heteroatoms. The Morgan fingerprint density at radius 3 is 2.74 bits per heavy atom. The predicted molar refractivity (Wildman–Crippen MR) is 98.8 cm³/mol. The fraction of sp³-hybridized carbons (Fsp3) is 0.235. The second-order valence-electron chi connectivity index (χ2n) is 5.47. The van der Waals surface area contributed by atoms with E-state index in [9.17, 15) is 0 Å². The second kappa shape index (κ2) is 6.90. The summed E-state index contributed by atoms with van der Waals surface area (Å²) in [7, 11) is 0. The van der Waals surface area contributed by atoms with Crippen molar-refractivity contribution in [2.45, 2.75) is 25.1 Å². The Morgan fingerprint density at radius 1 is 1.26 bits per heavy atom. The Kier molecular flexibility index (Phi) is 5.07. The summed E-state index contributed by atoms with van der Waals surface area (Å²) in [5.41, 5.74) is 3.72. The monoisotopic (exact) mass is 386 g/mol. The number of imidazole rings is 1. The van der Waals surface area contributed by atoms with Crippen LogP contribution in [-0.2, 0) is 6.42 Å². The maximum absolute atomic E-state index is 6.35. The lowest BCUT2D eigenvalue weighted by molar-refractivity contribution is 1.01. The van der Waals surface area contributed by atoms with Crippen LogP contribution < -0.4 is 0 Å². The first-order valence-corrected chi connectivity index (χ1v) is 8.71. The van der Waals surface area contributed by atoms with Crippen LogP contribution in [0.15, 0.2) is 35.4 Å². The molecule has 1 unspecified atom stereocenters. The van der Waals surface area contributed by atoms with Crippen molar-refractivity contribution in [3.63, 3.8) is 0 Å². The van der Waals surface area contributed by atoms with Gasteiger partial charge in [-0.05, 0) is 24.6 Å². The van der Waals surface area contributed by atoms with E-state index in [4.69, 9.17) is 46.4 Å². The van der Waals surface area contributed by atoms with E-state index in [1.165, 1.54) is 0 Å². The van der Waals surface area contributed by atoms with Crippen molar-refractivity contribution in [1.29, 1.82) is 0 Å². The Hall–Kier alpha value is -0.930. The molecule has 1 aliphatic rings. The number of hydrogen-bond donors (Lipinski definition) is 1.